The van der Waals surface area contributed by atoms with E-state index in [1.54, 1.807) is 19.5 Å². The van der Waals surface area contributed by atoms with E-state index in [4.69, 9.17) is 26.1 Å². The third-order valence-electron chi connectivity index (χ3n) is 5.93. The van der Waals surface area contributed by atoms with Crippen LogP contribution in [0.3, 0.4) is 0 Å². The SMILES string of the molecule is COc1nc(NC(C)C)ncc1-c1ccc(C(C)c2cn(C(=O)OC(C)(C)C)c3ncc(Cl)cc23)c(C)n1. The number of hydrogen-bond acceptors (Lipinski definition) is 8. The number of ether oxygens (including phenoxy) is 2. The summed E-state index contributed by atoms with van der Waals surface area (Å²) < 4.78 is 12.6. The van der Waals surface area contributed by atoms with Gasteiger partial charge in [0.25, 0.3) is 0 Å². The zero-order chi connectivity index (χ0) is 27.8. The van der Waals surface area contributed by atoms with Gasteiger partial charge in [-0.25, -0.2) is 19.3 Å². The maximum Gasteiger partial charge on any atom is 0.420 e. The molecule has 4 rings (SSSR count). The van der Waals surface area contributed by atoms with Crippen molar-refractivity contribution in [3.8, 4) is 17.1 Å². The molecular formula is C28H33ClN6O3. The summed E-state index contributed by atoms with van der Waals surface area (Å²) in [6.07, 6.45) is 4.52. The zero-order valence-electron chi connectivity index (χ0n) is 23.0. The van der Waals surface area contributed by atoms with Crippen molar-refractivity contribution in [3.05, 3.63) is 58.6 Å². The molecule has 0 aliphatic heterocycles. The number of aryl methyl sites for hydroxylation is 1. The number of rotatable bonds is 6. The summed E-state index contributed by atoms with van der Waals surface area (Å²) >= 11 is 6.30. The Bertz CT molecular complexity index is 1490. The molecule has 0 aromatic carbocycles. The number of anilines is 1. The molecule has 200 valence electrons. The molecule has 1 N–H and O–H groups in total. The number of carbonyl (C=O) groups excluding carboxylic acids is 1. The third kappa shape index (κ3) is 5.72. The van der Waals surface area contributed by atoms with Gasteiger partial charge >= 0.3 is 6.09 Å². The Morgan fingerprint density at radius 1 is 1.08 bits per heavy atom. The molecule has 1 unspecified atom stereocenters. The third-order valence-corrected chi connectivity index (χ3v) is 6.14. The van der Waals surface area contributed by atoms with E-state index in [0.29, 0.717) is 33.8 Å². The minimum Gasteiger partial charge on any atom is -0.480 e. The smallest absolute Gasteiger partial charge is 0.420 e. The normalized spacial score (nSPS) is 12.6. The molecule has 4 heterocycles. The largest absolute Gasteiger partial charge is 0.480 e. The summed E-state index contributed by atoms with van der Waals surface area (Å²) in [6, 6.07) is 5.96. The van der Waals surface area contributed by atoms with Crippen LogP contribution in [-0.4, -0.2) is 49.3 Å². The molecule has 9 nitrogen and oxygen atoms in total. The first-order valence-corrected chi connectivity index (χ1v) is 12.8. The fourth-order valence-corrected chi connectivity index (χ4v) is 4.43. The van der Waals surface area contributed by atoms with Gasteiger partial charge in [0.1, 0.15) is 11.2 Å². The predicted molar refractivity (Wildman–Crippen MR) is 149 cm³/mol. The number of nitrogens with one attached hydrogen (secondary N) is 1. The van der Waals surface area contributed by atoms with Crippen LogP contribution in [0.1, 0.15) is 64.3 Å². The van der Waals surface area contributed by atoms with Crippen molar-refractivity contribution in [3.63, 3.8) is 0 Å². The molecule has 0 bridgehead atoms. The summed E-state index contributed by atoms with van der Waals surface area (Å²) in [6.45, 7) is 13.5. The zero-order valence-corrected chi connectivity index (χ0v) is 23.7. The van der Waals surface area contributed by atoms with E-state index < -0.39 is 11.7 Å². The monoisotopic (exact) mass is 536 g/mol. The van der Waals surface area contributed by atoms with Gasteiger partial charge < -0.3 is 14.8 Å². The molecule has 0 radical (unpaired) electrons. The van der Waals surface area contributed by atoms with E-state index in [-0.39, 0.29) is 12.0 Å². The highest BCUT2D eigenvalue weighted by molar-refractivity contribution is 6.31. The van der Waals surface area contributed by atoms with Crippen LogP contribution in [0.15, 0.2) is 36.8 Å². The van der Waals surface area contributed by atoms with Crippen molar-refractivity contribution >= 4 is 34.7 Å². The van der Waals surface area contributed by atoms with E-state index in [9.17, 15) is 4.79 Å². The summed E-state index contributed by atoms with van der Waals surface area (Å²) in [4.78, 5) is 31.2. The molecular weight excluding hydrogens is 504 g/mol. The molecule has 4 aromatic heterocycles. The molecule has 1 atom stereocenters. The minimum atomic E-state index is -0.643. The van der Waals surface area contributed by atoms with Gasteiger partial charge in [-0.3, -0.25) is 4.98 Å². The minimum absolute atomic E-state index is 0.112. The van der Waals surface area contributed by atoms with Crippen molar-refractivity contribution in [2.24, 2.45) is 0 Å². The lowest BCUT2D eigenvalue weighted by Crippen LogP contribution is -2.26. The van der Waals surface area contributed by atoms with Crippen LogP contribution in [0.4, 0.5) is 10.7 Å². The number of methoxy groups -OCH3 is 1. The van der Waals surface area contributed by atoms with Gasteiger partial charge in [0, 0.05) is 41.6 Å². The van der Waals surface area contributed by atoms with Crippen LogP contribution in [-0.2, 0) is 4.74 Å². The molecule has 0 spiro atoms. The number of nitrogens with zero attached hydrogens (tertiary/aromatic N) is 5. The van der Waals surface area contributed by atoms with Crippen molar-refractivity contribution < 1.29 is 14.3 Å². The van der Waals surface area contributed by atoms with Crippen LogP contribution in [0, 0.1) is 6.92 Å². The van der Waals surface area contributed by atoms with Gasteiger partial charge in [0.05, 0.1) is 23.4 Å². The number of carbonyl (C=O) groups is 1. The number of pyridine rings is 2. The van der Waals surface area contributed by atoms with Gasteiger partial charge in [-0.05, 0) is 64.8 Å². The molecule has 0 amide bonds. The van der Waals surface area contributed by atoms with E-state index in [0.717, 1.165) is 22.2 Å². The Morgan fingerprint density at radius 2 is 1.82 bits per heavy atom. The average Bonchev–Trinajstić information content (AvgIpc) is 3.21. The lowest BCUT2D eigenvalue weighted by atomic mass is 9.92. The quantitative estimate of drug-likeness (QED) is 0.293. The maximum absolute atomic E-state index is 13.0. The Hall–Kier alpha value is -3.72. The molecule has 38 heavy (non-hydrogen) atoms. The second-order valence-corrected chi connectivity index (χ2v) is 10.9. The summed E-state index contributed by atoms with van der Waals surface area (Å²) in [7, 11) is 1.58. The van der Waals surface area contributed by atoms with Gasteiger partial charge in [0.2, 0.25) is 11.8 Å². The summed E-state index contributed by atoms with van der Waals surface area (Å²) in [5.41, 5.74) is 3.96. The maximum atomic E-state index is 13.0. The lowest BCUT2D eigenvalue weighted by Gasteiger charge is -2.19. The van der Waals surface area contributed by atoms with Crippen molar-refractivity contribution in [2.75, 3.05) is 12.4 Å². The molecule has 0 fully saturated rings. The average molecular weight is 537 g/mol. The highest BCUT2D eigenvalue weighted by atomic mass is 35.5. The predicted octanol–water partition coefficient (Wildman–Crippen LogP) is 6.61. The van der Waals surface area contributed by atoms with Crippen LogP contribution < -0.4 is 10.1 Å². The van der Waals surface area contributed by atoms with E-state index in [1.165, 1.54) is 10.8 Å². The Labute approximate surface area is 227 Å². The molecule has 0 aliphatic carbocycles. The Kier molecular flexibility index (Phi) is 7.60. The number of hydrogen-bond donors (Lipinski definition) is 1. The fraction of sp³-hybridized carbons (Fsp3) is 0.393. The van der Waals surface area contributed by atoms with Gasteiger partial charge in [-0.1, -0.05) is 24.6 Å². The first-order chi connectivity index (χ1) is 17.9. The Balaban J connectivity index is 1.73. The van der Waals surface area contributed by atoms with Crippen molar-refractivity contribution in [2.45, 2.75) is 66.0 Å². The fourth-order valence-electron chi connectivity index (χ4n) is 4.27. The first-order valence-electron chi connectivity index (χ1n) is 12.4. The number of aromatic nitrogens is 5. The van der Waals surface area contributed by atoms with Crippen LogP contribution in [0.5, 0.6) is 5.88 Å². The molecule has 0 saturated carbocycles. The second kappa shape index (κ2) is 10.6. The van der Waals surface area contributed by atoms with Gasteiger partial charge in [-0.2, -0.15) is 4.98 Å². The molecule has 10 heteroatoms. The highest BCUT2D eigenvalue weighted by Crippen LogP contribution is 2.35. The highest BCUT2D eigenvalue weighted by Gasteiger charge is 2.25. The number of fused-ring (bicyclic) bond motifs is 1. The van der Waals surface area contributed by atoms with Gasteiger partial charge in [-0.15, -0.1) is 0 Å². The van der Waals surface area contributed by atoms with Crippen molar-refractivity contribution in [1.82, 2.24) is 24.5 Å². The van der Waals surface area contributed by atoms with E-state index in [1.807, 2.05) is 59.7 Å². The summed E-state index contributed by atoms with van der Waals surface area (Å²) in [5, 5.41) is 4.45. The number of halogens is 1. The Morgan fingerprint density at radius 3 is 2.45 bits per heavy atom. The van der Waals surface area contributed by atoms with Crippen molar-refractivity contribution in [1.29, 1.82) is 0 Å². The van der Waals surface area contributed by atoms with Gasteiger partial charge in [0.15, 0.2) is 0 Å². The lowest BCUT2D eigenvalue weighted by molar-refractivity contribution is 0.0543. The van der Waals surface area contributed by atoms with E-state index >= 15 is 0 Å². The van der Waals surface area contributed by atoms with Crippen LogP contribution in [0.25, 0.3) is 22.3 Å². The first kappa shape index (κ1) is 27.3. The molecule has 0 aliphatic rings. The molecule has 0 saturated heterocycles. The van der Waals surface area contributed by atoms with Crippen LogP contribution in [0.2, 0.25) is 5.02 Å². The van der Waals surface area contributed by atoms with Crippen LogP contribution >= 0.6 is 11.6 Å². The topological polar surface area (TPSA) is 104 Å². The van der Waals surface area contributed by atoms with E-state index in [2.05, 4.69) is 27.2 Å². The standard InChI is InChI=1S/C28H33ClN6O3/c1-15(2)32-26-31-13-21(25(34-26)37-8)23-10-9-19(17(4)33-23)16(3)22-14-35(27(36)38-28(5,6)7)24-20(22)11-18(29)12-30-24/h9-16H,1-8H3,(H,31,32,34). The summed E-state index contributed by atoms with van der Waals surface area (Å²) in [5.74, 6) is 0.826. The second-order valence-electron chi connectivity index (χ2n) is 10.5. The molecule has 4 aromatic rings.